The summed E-state index contributed by atoms with van der Waals surface area (Å²) >= 11 is 0. The number of benzene rings is 1. The number of hydrogen-bond donors (Lipinski definition) is 2. The Labute approximate surface area is 138 Å². The third kappa shape index (κ3) is 7.79. The van der Waals surface area contributed by atoms with Gasteiger partial charge in [0.2, 0.25) is 5.91 Å². The van der Waals surface area contributed by atoms with Crippen molar-refractivity contribution in [3.63, 3.8) is 0 Å². The Morgan fingerprint density at radius 2 is 1.87 bits per heavy atom. The van der Waals surface area contributed by atoms with E-state index in [2.05, 4.69) is 24.4 Å². The number of aryl methyl sites for hydroxylation is 1. The molecule has 2 N–H and O–H groups in total. The Balaban J connectivity index is 2.49. The van der Waals surface area contributed by atoms with Crippen LogP contribution in [0.5, 0.6) is 0 Å². The largest absolute Gasteiger partial charge is 0.480 e. The maximum absolute atomic E-state index is 11.3. The summed E-state index contributed by atoms with van der Waals surface area (Å²) in [5.74, 6) is -0.539. The summed E-state index contributed by atoms with van der Waals surface area (Å²) in [5, 5.41) is 12.0. The van der Waals surface area contributed by atoms with Crippen molar-refractivity contribution in [3.8, 4) is 0 Å². The summed E-state index contributed by atoms with van der Waals surface area (Å²) in [4.78, 5) is 24.2. The molecule has 2 atom stereocenters. The lowest BCUT2D eigenvalue weighted by molar-refractivity contribution is -0.142. The molecule has 1 aromatic rings. The highest BCUT2D eigenvalue weighted by Gasteiger charge is 2.22. The average Bonchev–Trinajstić information content (AvgIpc) is 2.51. The number of nitrogens with zero attached hydrogens (tertiary/aromatic N) is 1. The number of nitrogens with one attached hydrogen (secondary N) is 1. The van der Waals surface area contributed by atoms with Crippen molar-refractivity contribution in [2.24, 2.45) is 5.92 Å². The molecule has 5 heteroatoms. The van der Waals surface area contributed by atoms with Crippen molar-refractivity contribution in [2.45, 2.75) is 39.7 Å². The quantitative estimate of drug-likeness (QED) is 0.693. The zero-order valence-corrected chi connectivity index (χ0v) is 14.3. The molecule has 23 heavy (non-hydrogen) atoms. The molecule has 5 nitrogen and oxygen atoms in total. The van der Waals surface area contributed by atoms with Crippen LogP contribution in [0.25, 0.3) is 0 Å². The third-order valence-corrected chi connectivity index (χ3v) is 3.99. The summed E-state index contributed by atoms with van der Waals surface area (Å²) in [6.07, 6.45) is 2.00. The number of rotatable bonds is 10. The van der Waals surface area contributed by atoms with Gasteiger partial charge in [-0.05, 0) is 31.2 Å². The van der Waals surface area contributed by atoms with Crippen LogP contribution in [0.4, 0.5) is 0 Å². The Bertz CT molecular complexity index is 490. The third-order valence-electron chi connectivity index (χ3n) is 3.99. The molecule has 0 fully saturated rings. The van der Waals surface area contributed by atoms with Gasteiger partial charge >= 0.3 is 5.97 Å². The topological polar surface area (TPSA) is 69.6 Å². The van der Waals surface area contributed by atoms with Crippen LogP contribution in [0.15, 0.2) is 30.3 Å². The van der Waals surface area contributed by atoms with Gasteiger partial charge in [-0.2, -0.15) is 0 Å². The normalized spacial score (nSPS) is 13.6. The van der Waals surface area contributed by atoms with E-state index < -0.39 is 12.0 Å². The average molecular weight is 320 g/mol. The van der Waals surface area contributed by atoms with Gasteiger partial charge in [0.25, 0.3) is 0 Å². The maximum atomic E-state index is 11.3. The lowest BCUT2D eigenvalue weighted by Gasteiger charge is -2.29. The van der Waals surface area contributed by atoms with Gasteiger partial charge in [0.15, 0.2) is 0 Å². The fourth-order valence-corrected chi connectivity index (χ4v) is 2.52. The number of carboxylic acid groups (broad SMARTS) is 1. The number of carbonyl (C=O) groups is 2. The van der Waals surface area contributed by atoms with Gasteiger partial charge in [0.1, 0.15) is 6.04 Å². The predicted molar refractivity (Wildman–Crippen MR) is 91.3 cm³/mol. The summed E-state index contributed by atoms with van der Waals surface area (Å²) in [5.41, 5.74) is 1.30. The van der Waals surface area contributed by atoms with Gasteiger partial charge in [-0.25, -0.2) is 0 Å². The van der Waals surface area contributed by atoms with Crippen LogP contribution in [0.1, 0.15) is 32.8 Å². The molecule has 128 valence electrons. The molecule has 1 rings (SSSR count). The van der Waals surface area contributed by atoms with Crippen LogP contribution in [-0.4, -0.2) is 47.6 Å². The first-order valence-electron chi connectivity index (χ1n) is 8.15. The van der Waals surface area contributed by atoms with E-state index in [-0.39, 0.29) is 5.91 Å². The highest BCUT2D eigenvalue weighted by Crippen LogP contribution is 2.12. The summed E-state index contributed by atoms with van der Waals surface area (Å²) in [6, 6.07) is 9.74. The van der Waals surface area contributed by atoms with Crippen LogP contribution >= 0.6 is 0 Å². The molecule has 0 heterocycles. The molecule has 0 aliphatic carbocycles. The van der Waals surface area contributed by atoms with E-state index in [0.717, 1.165) is 12.8 Å². The van der Waals surface area contributed by atoms with E-state index in [1.54, 1.807) is 6.92 Å². The summed E-state index contributed by atoms with van der Waals surface area (Å²) in [6.45, 7) is 7.03. The van der Waals surface area contributed by atoms with Crippen LogP contribution in [0.2, 0.25) is 0 Å². The molecule has 0 aliphatic rings. The Kier molecular flexibility index (Phi) is 8.33. The summed E-state index contributed by atoms with van der Waals surface area (Å²) < 4.78 is 0. The van der Waals surface area contributed by atoms with E-state index in [1.807, 2.05) is 23.1 Å². The fourth-order valence-electron chi connectivity index (χ4n) is 2.52. The van der Waals surface area contributed by atoms with Crippen LogP contribution in [0, 0.1) is 5.92 Å². The lowest BCUT2D eigenvalue weighted by Crippen LogP contribution is -2.45. The minimum absolute atomic E-state index is 0.0925. The number of amides is 1. The monoisotopic (exact) mass is 320 g/mol. The molecule has 0 aromatic heterocycles. The summed E-state index contributed by atoms with van der Waals surface area (Å²) in [7, 11) is 0. The minimum Gasteiger partial charge on any atom is -0.480 e. The van der Waals surface area contributed by atoms with E-state index in [0.29, 0.717) is 25.6 Å². The van der Waals surface area contributed by atoms with Crippen LogP contribution < -0.4 is 5.32 Å². The van der Waals surface area contributed by atoms with E-state index in [9.17, 15) is 14.7 Å². The molecule has 0 spiro atoms. The van der Waals surface area contributed by atoms with Crippen molar-refractivity contribution in [3.05, 3.63) is 35.9 Å². The maximum Gasteiger partial charge on any atom is 0.320 e. The van der Waals surface area contributed by atoms with Gasteiger partial charge in [0.05, 0.1) is 0 Å². The second-order valence-electron chi connectivity index (χ2n) is 6.12. The van der Waals surface area contributed by atoms with Crippen molar-refractivity contribution in [1.82, 2.24) is 10.2 Å². The molecule has 0 radical (unpaired) electrons. The predicted octanol–water partition coefficient (Wildman–Crippen LogP) is 2.17. The Morgan fingerprint density at radius 3 is 2.43 bits per heavy atom. The molecule has 2 unspecified atom stereocenters. The number of aliphatic carboxylic acids is 1. The van der Waals surface area contributed by atoms with E-state index in [4.69, 9.17) is 0 Å². The number of hydrogen-bond acceptors (Lipinski definition) is 3. The second-order valence-corrected chi connectivity index (χ2v) is 6.12. The molecule has 1 amide bonds. The van der Waals surface area contributed by atoms with Gasteiger partial charge in [-0.1, -0.05) is 37.3 Å². The van der Waals surface area contributed by atoms with Crippen LogP contribution in [0.3, 0.4) is 0 Å². The van der Waals surface area contributed by atoms with Gasteiger partial charge < -0.3 is 10.4 Å². The van der Waals surface area contributed by atoms with Gasteiger partial charge in [-0.15, -0.1) is 0 Å². The van der Waals surface area contributed by atoms with E-state index in [1.165, 1.54) is 12.5 Å². The zero-order valence-electron chi connectivity index (χ0n) is 14.3. The first kappa shape index (κ1) is 19.2. The highest BCUT2D eigenvalue weighted by molar-refractivity contribution is 5.73. The smallest absolute Gasteiger partial charge is 0.320 e. The first-order valence-corrected chi connectivity index (χ1v) is 8.15. The SMILES string of the molecule is CC(=O)NCCN(CC(C)CCc1ccccc1)C(C)C(=O)O. The highest BCUT2D eigenvalue weighted by atomic mass is 16.4. The Hall–Kier alpha value is -1.88. The van der Waals surface area contributed by atoms with Crippen molar-refractivity contribution in [2.75, 3.05) is 19.6 Å². The molecule has 0 saturated carbocycles. The zero-order chi connectivity index (χ0) is 17.2. The lowest BCUT2D eigenvalue weighted by atomic mass is 10.00. The standard InChI is InChI=1S/C18H28N2O3/c1-14(9-10-17-7-5-4-6-8-17)13-20(15(2)18(22)23)12-11-19-16(3)21/h4-8,14-15H,9-13H2,1-3H3,(H,19,21)(H,22,23). The molecule has 0 bridgehead atoms. The molecule has 1 aromatic carbocycles. The Morgan fingerprint density at radius 1 is 1.22 bits per heavy atom. The van der Waals surface area contributed by atoms with Gasteiger partial charge in [0, 0.05) is 26.6 Å². The number of carboxylic acids is 1. The van der Waals surface area contributed by atoms with Gasteiger partial charge in [-0.3, -0.25) is 14.5 Å². The van der Waals surface area contributed by atoms with E-state index >= 15 is 0 Å². The minimum atomic E-state index is -0.830. The second kappa shape index (κ2) is 10.0. The molecular formula is C18H28N2O3. The molecule has 0 saturated heterocycles. The van der Waals surface area contributed by atoms with Crippen LogP contribution in [-0.2, 0) is 16.0 Å². The van der Waals surface area contributed by atoms with Crippen molar-refractivity contribution >= 4 is 11.9 Å². The van der Waals surface area contributed by atoms with Crippen molar-refractivity contribution < 1.29 is 14.7 Å². The molecule has 0 aliphatic heterocycles. The molecular weight excluding hydrogens is 292 g/mol. The fraction of sp³-hybridized carbons (Fsp3) is 0.556. The van der Waals surface area contributed by atoms with Crippen molar-refractivity contribution in [1.29, 1.82) is 0 Å². The number of carbonyl (C=O) groups excluding carboxylic acids is 1. The first-order chi connectivity index (χ1) is 10.9.